The van der Waals surface area contributed by atoms with Gasteiger partial charge in [-0.05, 0) is 50.1 Å². The van der Waals surface area contributed by atoms with Crippen LogP contribution >= 0.6 is 0 Å². The van der Waals surface area contributed by atoms with Crippen LogP contribution in [0.4, 0.5) is 0 Å². The number of aliphatic carboxylic acids is 1. The number of benzene rings is 2. The molecule has 3 aromatic rings. The number of nitrogens with zero attached hydrogens (tertiary/aromatic N) is 1. The van der Waals surface area contributed by atoms with E-state index in [0.717, 1.165) is 23.1 Å². The van der Waals surface area contributed by atoms with Crippen molar-refractivity contribution >= 4 is 17.1 Å². The third kappa shape index (κ3) is 4.46. The van der Waals surface area contributed by atoms with Gasteiger partial charge in [-0.2, -0.15) is 0 Å². The standard InChI is InChI=1S/C21H24N2O4/c1-4-16(19-23-17-10-5-6-11-18(17)26-19)22-13-14-8-7-9-15(12-14)27-21(2,3)20(24)25/h5-12,16,22H,4,13H2,1-3H3,(H,24,25). The van der Waals surface area contributed by atoms with E-state index >= 15 is 0 Å². The summed E-state index contributed by atoms with van der Waals surface area (Å²) < 4.78 is 11.5. The summed E-state index contributed by atoms with van der Waals surface area (Å²) in [5.74, 6) is 0.183. The molecule has 0 saturated heterocycles. The highest BCUT2D eigenvalue weighted by Gasteiger charge is 2.29. The number of rotatable bonds is 8. The minimum atomic E-state index is -1.28. The molecule has 0 aliphatic heterocycles. The van der Waals surface area contributed by atoms with Crippen LogP contribution < -0.4 is 10.1 Å². The van der Waals surface area contributed by atoms with Crippen molar-refractivity contribution in [2.45, 2.75) is 45.4 Å². The van der Waals surface area contributed by atoms with Gasteiger partial charge in [0.05, 0.1) is 6.04 Å². The predicted molar refractivity (Wildman–Crippen MR) is 103 cm³/mol. The summed E-state index contributed by atoms with van der Waals surface area (Å²) in [6.07, 6.45) is 0.828. The fraction of sp³-hybridized carbons (Fsp3) is 0.333. The second-order valence-corrected chi connectivity index (χ2v) is 6.93. The SMILES string of the molecule is CCC(NCc1cccc(OC(C)(C)C(=O)O)c1)c1nc2ccccc2o1. The number of aromatic nitrogens is 1. The van der Waals surface area contributed by atoms with Gasteiger partial charge >= 0.3 is 5.97 Å². The van der Waals surface area contributed by atoms with Crippen molar-refractivity contribution < 1.29 is 19.1 Å². The molecule has 0 fully saturated rings. The zero-order valence-corrected chi connectivity index (χ0v) is 15.7. The molecule has 0 saturated carbocycles. The van der Waals surface area contributed by atoms with Crippen molar-refractivity contribution in [1.82, 2.24) is 10.3 Å². The fourth-order valence-corrected chi connectivity index (χ4v) is 2.74. The molecule has 1 heterocycles. The largest absolute Gasteiger partial charge is 0.478 e. The van der Waals surface area contributed by atoms with Crippen LogP contribution in [-0.2, 0) is 11.3 Å². The van der Waals surface area contributed by atoms with Gasteiger partial charge in [-0.25, -0.2) is 9.78 Å². The van der Waals surface area contributed by atoms with Crippen LogP contribution in [0, 0.1) is 0 Å². The molecule has 1 unspecified atom stereocenters. The van der Waals surface area contributed by atoms with Crippen LogP contribution in [-0.4, -0.2) is 21.7 Å². The Labute approximate surface area is 158 Å². The Kier molecular flexibility index (Phi) is 5.46. The lowest BCUT2D eigenvalue weighted by atomic mass is 10.1. The second kappa shape index (κ2) is 7.80. The highest BCUT2D eigenvalue weighted by atomic mass is 16.5. The van der Waals surface area contributed by atoms with E-state index < -0.39 is 11.6 Å². The number of hydrogen-bond donors (Lipinski definition) is 2. The first-order chi connectivity index (χ1) is 12.9. The summed E-state index contributed by atoms with van der Waals surface area (Å²) >= 11 is 0. The highest BCUT2D eigenvalue weighted by Crippen LogP contribution is 2.24. The number of fused-ring (bicyclic) bond motifs is 1. The Morgan fingerprint density at radius 1 is 1.26 bits per heavy atom. The predicted octanol–water partition coefficient (Wildman–Crippen LogP) is 4.31. The molecular weight excluding hydrogens is 344 g/mol. The lowest BCUT2D eigenvalue weighted by Crippen LogP contribution is -2.37. The van der Waals surface area contributed by atoms with E-state index in [9.17, 15) is 9.90 Å². The lowest BCUT2D eigenvalue weighted by molar-refractivity contribution is -0.152. The van der Waals surface area contributed by atoms with Gasteiger partial charge in [0.15, 0.2) is 11.2 Å². The molecule has 2 aromatic carbocycles. The minimum absolute atomic E-state index is 0.0163. The summed E-state index contributed by atoms with van der Waals surface area (Å²) in [4.78, 5) is 15.8. The second-order valence-electron chi connectivity index (χ2n) is 6.93. The molecule has 6 heteroatoms. The molecule has 0 radical (unpaired) electrons. The molecule has 3 rings (SSSR count). The molecule has 0 amide bonds. The Morgan fingerprint density at radius 2 is 2.04 bits per heavy atom. The number of carboxylic acids is 1. The zero-order chi connectivity index (χ0) is 19.4. The summed E-state index contributed by atoms with van der Waals surface area (Å²) in [6, 6.07) is 15.1. The van der Waals surface area contributed by atoms with E-state index in [1.54, 1.807) is 6.07 Å². The molecule has 0 aliphatic rings. The molecule has 27 heavy (non-hydrogen) atoms. The van der Waals surface area contributed by atoms with Gasteiger partial charge in [0.1, 0.15) is 11.3 Å². The van der Waals surface area contributed by atoms with Crippen LogP contribution in [0.3, 0.4) is 0 Å². The Hall–Kier alpha value is -2.86. The molecule has 1 atom stereocenters. The number of para-hydroxylation sites is 2. The number of carbonyl (C=O) groups is 1. The van der Waals surface area contributed by atoms with Crippen LogP contribution in [0.25, 0.3) is 11.1 Å². The minimum Gasteiger partial charge on any atom is -0.478 e. The van der Waals surface area contributed by atoms with Crippen molar-refractivity contribution in [3.63, 3.8) is 0 Å². The molecular formula is C21H24N2O4. The van der Waals surface area contributed by atoms with Gasteiger partial charge in [-0.15, -0.1) is 0 Å². The zero-order valence-electron chi connectivity index (χ0n) is 15.7. The lowest BCUT2D eigenvalue weighted by Gasteiger charge is -2.22. The molecule has 142 valence electrons. The van der Waals surface area contributed by atoms with E-state index in [-0.39, 0.29) is 6.04 Å². The van der Waals surface area contributed by atoms with Crippen LogP contribution in [0.5, 0.6) is 5.75 Å². The van der Waals surface area contributed by atoms with Gasteiger partial charge in [0.25, 0.3) is 0 Å². The molecule has 0 spiro atoms. The quantitative estimate of drug-likeness (QED) is 0.616. The van der Waals surface area contributed by atoms with E-state index in [1.165, 1.54) is 13.8 Å². The number of oxazole rings is 1. The fourth-order valence-electron chi connectivity index (χ4n) is 2.74. The van der Waals surface area contributed by atoms with E-state index in [4.69, 9.17) is 9.15 Å². The summed E-state index contributed by atoms with van der Waals surface area (Å²) in [5.41, 5.74) is 1.33. The first-order valence-electron chi connectivity index (χ1n) is 8.99. The average molecular weight is 368 g/mol. The number of hydrogen-bond acceptors (Lipinski definition) is 5. The van der Waals surface area contributed by atoms with Gasteiger partial charge < -0.3 is 19.6 Å². The van der Waals surface area contributed by atoms with Crippen molar-refractivity contribution in [3.05, 3.63) is 60.0 Å². The van der Waals surface area contributed by atoms with Gasteiger partial charge in [-0.3, -0.25) is 0 Å². The Bertz CT molecular complexity index is 900. The molecule has 0 aliphatic carbocycles. The molecule has 6 nitrogen and oxygen atoms in total. The number of carboxylic acid groups (broad SMARTS) is 1. The highest BCUT2D eigenvalue weighted by molar-refractivity contribution is 5.76. The molecule has 0 bridgehead atoms. The van der Waals surface area contributed by atoms with Crippen LogP contribution in [0.1, 0.15) is 44.7 Å². The Balaban J connectivity index is 1.69. The van der Waals surface area contributed by atoms with E-state index in [0.29, 0.717) is 18.2 Å². The topological polar surface area (TPSA) is 84.6 Å². The van der Waals surface area contributed by atoms with Crippen molar-refractivity contribution in [1.29, 1.82) is 0 Å². The Morgan fingerprint density at radius 3 is 2.74 bits per heavy atom. The average Bonchev–Trinajstić information content (AvgIpc) is 3.06. The van der Waals surface area contributed by atoms with E-state index in [1.807, 2.05) is 42.5 Å². The monoisotopic (exact) mass is 368 g/mol. The summed E-state index contributed by atoms with van der Waals surface area (Å²) in [6.45, 7) is 5.71. The number of nitrogens with one attached hydrogen (secondary N) is 1. The first kappa shape index (κ1) is 18.9. The van der Waals surface area contributed by atoms with Crippen LogP contribution in [0.2, 0.25) is 0 Å². The van der Waals surface area contributed by atoms with Gasteiger partial charge in [0, 0.05) is 6.54 Å². The third-order valence-electron chi connectivity index (χ3n) is 4.36. The van der Waals surface area contributed by atoms with E-state index in [2.05, 4.69) is 17.2 Å². The maximum absolute atomic E-state index is 11.2. The summed E-state index contributed by atoms with van der Waals surface area (Å²) in [5, 5.41) is 12.7. The smallest absolute Gasteiger partial charge is 0.347 e. The van der Waals surface area contributed by atoms with Crippen molar-refractivity contribution in [3.8, 4) is 5.75 Å². The number of ether oxygens (including phenoxy) is 1. The molecule has 1 aromatic heterocycles. The maximum Gasteiger partial charge on any atom is 0.347 e. The van der Waals surface area contributed by atoms with Crippen LogP contribution in [0.15, 0.2) is 52.9 Å². The van der Waals surface area contributed by atoms with Gasteiger partial charge in [-0.1, -0.05) is 31.2 Å². The van der Waals surface area contributed by atoms with Gasteiger partial charge in [0.2, 0.25) is 5.89 Å². The maximum atomic E-state index is 11.2. The third-order valence-corrected chi connectivity index (χ3v) is 4.36. The van der Waals surface area contributed by atoms with Crippen molar-refractivity contribution in [2.24, 2.45) is 0 Å². The first-order valence-corrected chi connectivity index (χ1v) is 8.99. The summed E-state index contributed by atoms with van der Waals surface area (Å²) in [7, 11) is 0. The normalized spacial score (nSPS) is 12.9. The molecule has 2 N–H and O–H groups in total. The van der Waals surface area contributed by atoms with Crippen molar-refractivity contribution in [2.75, 3.05) is 0 Å².